The molecule has 1 aliphatic carbocycles. The van der Waals surface area contributed by atoms with Crippen molar-refractivity contribution in [3.05, 3.63) is 47.7 Å². The average Bonchev–Trinajstić information content (AvgIpc) is 3.07. The Hall–Kier alpha value is -2.50. The standard InChI is InChI=1S/C17H20N4O2/c1-12-9-20-15(11-19-12)17(22)21-10-13-6-7-18-16(8-13)23-14-4-2-3-5-14/h6-9,11,14H,2-5,10H2,1H3,(H,21,22). The van der Waals surface area contributed by atoms with Crippen LogP contribution in [-0.4, -0.2) is 27.0 Å². The molecule has 1 aliphatic rings. The molecule has 0 aliphatic heterocycles. The fourth-order valence-corrected chi connectivity index (χ4v) is 2.58. The van der Waals surface area contributed by atoms with Crippen molar-refractivity contribution < 1.29 is 9.53 Å². The van der Waals surface area contributed by atoms with E-state index in [1.54, 1.807) is 12.4 Å². The van der Waals surface area contributed by atoms with Gasteiger partial charge in [-0.05, 0) is 44.2 Å². The number of carbonyl (C=O) groups is 1. The van der Waals surface area contributed by atoms with Gasteiger partial charge in [0.25, 0.3) is 5.91 Å². The molecule has 0 bridgehead atoms. The highest BCUT2D eigenvalue weighted by Crippen LogP contribution is 2.23. The fourth-order valence-electron chi connectivity index (χ4n) is 2.58. The van der Waals surface area contributed by atoms with E-state index in [2.05, 4.69) is 20.3 Å². The Morgan fingerprint density at radius 2 is 2.09 bits per heavy atom. The molecule has 0 unspecified atom stereocenters. The second-order valence-corrected chi connectivity index (χ2v) is 5.75. The summed E-state index contributed by atoms with van der Waals surface area (Å²) in [6, 6.07) is 3.74. The molecule has 1 N–H and O–H groups in total. The maximum atomic E-state index is 12.0. The summed E-state index contributed by atoms with van der Waals surface area (Å²) in [5.41, 5.74) is 2.04. The van der Waals surface area contributed by atoms with Crippen LogP contribution in [0, 0.1) is 6.92 Å². The molecule has 23 heavy (non-hydrogen) atoms. The van der Waals surface area contributed by atoms with Crippen LogP contribution < -0.4 is 10.1 Å². The molecule has 0 spiro atoms. The smallest absolute Gasteiger partial charge is 0.271 e. The van der Waals surface area contributed by atoms with Gasteiger partial charge in [-0.3, -0.25) is 9.78 Å². The zero-order valence-corrected chi connectivity index (χ0v) is 13.2. The third-order valence-corrected chi connectivity index (χ3v) is 3.86. The normalized spacial score (nSPS) is 14.7. The number of aryl methyl sites for hydroxylation is 1. The molecule has 6 nitrogen and oxygen atoms in total. The molecule has 1 saturated carbocycles. The van der Waals surface area contributed by atoms with Gasteiger partial charge in [-0.25, -0.2) is 9.97 Å². The second kappa shape index (κ2) is 7.17. The van der Waals surface area contributed by atoms with E-state index < -0.39 is 0 Å². The minimum absolute atomic E-state index is 0.243. The van der Waals surface area contributed by atoms with Gasteiger partial charge in [0.1, 0.15) is 11.8 Å². The van der Waals surface area contributed by atoms with Crippen molar-refractivity contribution in [2.45, 2.75) is 45.3 Å². The van der Waals surface area contributed by atoms with Crippen molar-refractivity contribution in [1.29, 1.82) is 0 Å². The van der Waals surface area contributed by atoms with Crippen LogP contribution in [-0.2, 0) is 6.54 Å². The molecular formula is C17H20N4O2. The van der Waals surface area contributed by atoms with Crippen molar-refractivity contribution >= 4 is 5.91 Å². The van der Waals surface area contributed by atoms with Gasteiger partial charge in [0, 0.05) is 25.0 Å². The first-order chi connectivity index (χ1) is 11.2. The SMILES string of the molecule is Cc1cnc(C(=O)NCc2ccnc(OC3CCCC3)c2)cn1. The number of aromatic nitrogens is 3. The number of nitrogens with zero attached hydrogens (tertiary/aromatic N) is 3. The number of nitrogens with one attached hydrogen (secondary N) is 1. The maximum absolute atomic E-state index is 12.0. The van der Waals surface area contributed by atoms with Crippen LogP contribution in [0.2, 0.25) is 0 Å². The minimum Gasteiger partial charge on any atom is -0.474 e. The Kier molecular flexibility index (Phi) is 4.80. The molecule has 6 heteroatoms. The summed E-state index contributed by atoms with van der Waals surface area (Å²) in [4.78, 5) is 24.4. The van der Waals surface area contributed by atoms with Crippen LogP contribution in [0.3, 0.4) is 0 Å². The molecule has 2 heterocycles. The number of amides is 1. The largest absolute Gasteiger partial charge is 0.474 e. The van der Waals surface area contributed by atoms with E-state index in [1.807, 2.05) is 19.1 Å². The zero-order chi connectivity index (χ0) is 16.1. The highest BCUT2D eigenvalue weighted by Gasteiger charge is 2.17. The lowest BCUT2D eigenvalue weighted by Gasteiger charge is -2.12. The average molecular weight is 312 g/mol. The summed E-state index contributed by atoms with van der Waals surface area (Å²) in [6.45, 7) is 2.23. The molecule has 1 fully saturated rings. The summed E-state index contributed by atoms with van der Waals surface area (Å²) in [6.07, 6.45) is 9.66. The van der Waals surface area contributed by atoms with Crippen molar-refractivity contribution in [1.82, 2.24) is 20.3 Å². The van der Waals surface area contributed by atoms with Crippen molar-refractivity contribution in [2.75, 3.05) is 0 Å². The van der Waals surface area contributed by atoms with Gasteiger partial charge < -0.3 is 10.1 Å². The molecule has 0 saturated heterocycles. The van der Waals surface area contributed by atoms with Gasteiger partial charge in [-0.1, -0.05) is 0 Å². The van der Waals surface area contributed by atoms with Crippen LogP contribution in [0.5, 0.6) is 5.88 Å². The van der Waals surface area contributed by atoms with Gasteiger partial charge in [-0.2, -0.15) is 0 Å². The van der Waals surface area contributed by atoms with Crippen LogP contribution in [0.1, 0.15) is 47.4 Å². The highest BCUT2D eigenvalue weighted by atomic mass is 16.5. The molecule has 2 aromatic rings. The van der Waals surface area contributed by atoms with Gasteiger partial charge in [0.05, 0.1) is 11.9 Å². The molecule has 2 aromatic heterocycles. The molecular weight excluding hydrogens is 292 g/mol. The fraction of sp³-hybridized carbons (Fsp3) is 0.412. The highest BCUT2D eigenvalue weighted by molar-refractivity contribution is 5.91. The zero-order valence-electron chi connectivity index (χ0n) is 13.2. The summed E-state index contributed by atoms with van der Waals surface area (Å²) >= 11 is 0. The Balaban J connectivity index is 1.57. The number of carbonyl (C=O) groups excluding carboxylic acids is 1. The lowest BCUT2D eigenvalue weighted by Crippen LogP contribution is -2.24. The predicted molar refractivity (Wildman–Crippen MR) is 85.1 cm³/mol. The molecule has 0 aromatic carbocycles. The Morgan fingerprint density at radius 3 is 2.83 bits per heavy atom. The molecule has 3 rings (SSSR count). The van der Waals surface area contributed by atoms with Crippen LogP contribution in [0.4, 0.5) is 0 Å². The van der Waals surface area contributed by atoms with Gasteiger partial charge >= 0.3 is 0 Å². The second-order valence-electron chi connectivity index (χ2n) is 5.75. The van der Waals surface area contributed by atoms with E-state index in [9.17, 15) is 4.79 Å². The minimum atomic E-state index is -0.243. The number of rotatable bonds is 5. The lowest BCUT2D eigenvalue weighted by molar-refractivity contribution is 0.0945. The Bertz CT molecular complexity index is 667. The maximum Gasteiger partial charge on any atom is 0.271 e. The summed E-state index contributed by atoms with van der Waals surface area (Å²) in [7, 11) is 0. The number of ether oxygens (including phenoxy) is 1. The lowest BCUT2D eigenvalue weighted by atomic mass is 10.2. The molecule has 120 valence electrons. The Morgan fingerprint density at radius 1 is 1.26 bits per heavy atom. The molecule has 0 atom stereocenters. The summed E-state index contributed by atoms with van der Waals surface area (Å²) in [5.74, 6) is 0.381. The first-order valence-electron chi connectivity index (χ1n) is 7.89. The van der Waals surface area contributed by atoms with Gasteiger partial charge in [0.15, 0.2) is 0 Å². The van der Waals surface area contributed by atoms with E-state index in [1.165, 1.54) is 19.0 Å². The first kappa shape index (κ1) is 15.4. The number of hydrogen-bond acceptors (Lipinski definition) is 5. The third-order valence-electron chi connectivity index (χ3n) is 3.86. The van der Waals surface area contributed by atoms with E-state index in [0.717, 1.165) is 24.1 Å². The van der Waals surface area contributed by atoms with E-state index in [-0.39, 0.29) is 12.0 Å². The number of hydrogen-bond donors (Lipinski definition) is 1. The van der Waals surface area contributed by atoms with E-state index >= 15 is 0 Å². The van der Waals surface area contributed by atoms with Crippen LogP contribution >= 0.6 is 0 Å². The molecule has 1 amide bonds. The number of pyridine rings is 1. The summed E-state index contributed by atoms with van der Waals surface area (Å²) in [5, 5.41) is 2.83. The first-order valence-corrected chi connectivity index (χ1v) is 7.89. The predicted octanol–water partition coefficient (Wildman–Crippen LogP) is 2.43. The van der Waals surface area contributed by atoms with E-state index in [4.69, 9.17) is 4.74 Å². The van der Waals surface area contributed by atoms with Crippen molar-refractivity contribution in [2.24, 2.45) is 0 Å². The van der Waals surface area contributed by atoms with Crippen molar-refractivity contribution in [3.63, 3.8) is 0 Å². The Labute approximate surface area is 135 Å². The molecule has 0 radical (unpaired) electrons. The van der Waals surface area contributed by atoms with Crippen molar-refractivity contribution in [3.8, 4) is 5.88 Å². The third kappa shape index (κ3) is 4.25. The monoisotopic (exact) mass is 312 g/mol. The summed E-state index contributed by atoms with van der Waals surface area (Å²) < 4.78 is 5.87. The topological polar surface area (TPSA) is 77.0 Å². The quantitative estimate of drug-likeness (QED) is 0.917. The van der Waals surface area contributed by atoms with Gasteiger partial charge in [-0.15, -0.1) is 0 Å². The van der Waals surface area contributed by atoms with Gasteiger partial charge in [0.2, 0.25) is 5.88 Å². The van der Waals surface area contributed by atoms with E-state index in [0.29, 0.717) is 18.1 Å². The van der Waals surface area contributed by atoms with Crippen LogP contribution in [0.15, 0.2) is 30.7 Å². The van der Waals surface area contributed by atoms with Crippen LogP contribution in [0.25, 0.3) is 0 Å².